The lowest BCUT2D eigenvalue weighted by Crippen LogP contribution is -2.45. The molecule has 1 N–H and O–H groups in total. The van der Waals surface area contributed by atoms with Crippen molar-refractivity contribution in [3.8, 4) is 5.75 Å². The van der Waals surface area contributed by atoms with Crippen molar-refractivity contribution in [2.75, 3.05) is 32.9 Å². The largest absolute Gasteiger partial charge is 0.484 e. The van der Waals surface area contributed by atoms with E-state index >= 15 is 0 Å². The summed E-state index contributed by atoms with van der Waals surface area (Å²) < 4.78 is 48.6. The van der Waals surface area contributed by atoms with E-state index in [2.05, 4.69) is 0 Å². The Hall–Kier alpha value is -2.29. The topological polar surface area (TPSA) is 76.1 Å². The van der Waals surface area contributed by atoms with Crippen molar-refractivity contribution in [1.29, 1.82) is 0 Å². The number of benzene rings is 1. The van der Waals surface area contributed by atoms with E-state index in [1.165, 1.54) is 17.0 Å². The number of carboxylic acid groups (broad SMARTS) is 1. The molecule has 3 rings (SSSR count). The number of carbonyl (C=O) groups is 2. The molecule has 0 unspecified atom stereocenters. The van der Waals surface area contributed by atoms with Crippen molar-refractivity contribution in [1.82, 2.24) is 4.90 Å². The van der Waals surface area contributed by atoms with Gasteiger partial charge >= 0.3 is 12.1 Å². The van der Waals surface area contributed by atoms with Crippen molar-refractivity contribution >= 4 is 11.9 Å². The van der Waals surface area contributed by atoms with Gasteiger partial charge in [0.05, 0.1) is 17.6 Å². The summed E-state index contributed by atoms with van der Waals surface area (Å²) in [5.74, 6) is -1.79. The minimum atomic E-state index is -4.50. The highest BCUT2D eigenvalue weighted by atomic mass is 19.4. The molecule has 0 radical (unpaired) electrons. The molecular formula is C17H18F3NO5. The number of hydrogen-bond acceptors (Lipinski definition) is 4. The van der Waals surface area contributed by atoms with Crippen LogP contribution in [-0.2, 0) is 20.5 Å². The van der Waals surface area contributed by atoms with E-state index in [1.54, 1.807) is 0 Å². The first-order valence-electron chi connectivity index (χ1n) is 8.11. The van der Waals surface area contributed by atoms with E-state index in [4.69, 9.17) is 9.47 Å². The third-order valence-electron chi connectivity index (χ3n) is 5.01. The van der Waals surface area contributed by atoms with Gasteiger partial charge in [-0.1, -0.05) is 6.07 Å². The van der Waals surface area contributed by atoms with Crippen LogP contribution in [0.15, 0.2) is 24.3 Å². The van der Waals surface area contributed by atoms with Gasteiger partial charge in [0.25, 0.3) is 5.91 Å². The summed E-state index contributed by atoms with van der Waals surface area (Å²) in [7, 11) is 0. The van der Waals surface area contributed by atoms with Gasteiger partial charge in [0.15, 0.2) is 6.61 Å². The SMILES string of the molecule is O=C(COc1cccc(C(F)(F)F)c1)N1C[C@H]2COCC[C@@]2(C(=O)O)C1. The third kappa shape index (κ3) is 3.48. The average molecular weight is 373 g/mol. The Balaban J connectivity index is 1.64. The van der Waals surface area contributed by atoms with Gasteiger partial charge in [-0.15, -0.1) is 0 Å². The zero-order valence-electron chi connectivity index (χ0n) is 13.8. The number of alkyl halides is 3. The minimum Gasteiger partial charge on any atom is -0.484 e. The molecule has 142 valence electrons. The fraction of sp³-hybridized carbons (Fsp3) is 0.529. The van der Waals surface area contributed by atoms with E-state index in [9.17, 15) is 27.9 Å². The third-order valence-corrected chi connectivity index (χ3v) is 5.01. The predicted octanol–water partition coefficient (Wildman–Crippen LogP) is 2.03. The fourth-order valence-corrected chi connectivity index (χ4v) is 3.49. The highest BCUT2D eigenvalue weighted by Crippen LogP contribution is 2.42. The van der Waals surface area contributed by atoms with Crippen LogP contribution in [0.2, 0.25) is 0 Å². The van der Waals surface area contributed by atoms with Gasteiger partial charge in [-0.2, -0.15) is 13.2 Å². The van der Waals surface area contributed by atoms with Gasteiger partial charge in [-0.3, -0.25) is 9.59 Å². The summed E-state index contributed by atoms with van der Waals surface area (Å²) in [5, 5.41) is 9.58. The summed E-state index contributed by atoms with van der Waals surface area (Å²) in [5.41, 5.74) is -1.89. The Morgan fingerprint density at radius 1 is 1.38 bits per heavy atom. The molecule has 2 aliphatic rings. The summed E-state index contributed by atoms with van der Waals surface area (Å²) in [6.07, 6.45) is -4.17. The molecule has 0 spiro atoms. The van der Waals surface area contributed by atoms with Crippen LogP contribution < -0.4 is 4.74 Å². The Morgan fingerprint density at radius 2 is 2.15 bits per heavy atom. The minimum absolute atomic E-state index is 0.0567. The molecule has 2 saturated heterocycles. The van der Waals surface area contributed by atoms with Gasteiger partial charge in [-0.25, -0.2) is 0 Å². The van der Waals surface area contributed by atoms with Gasteiger partial charge in [0, 0.05) is 25.6 Å². The van der Waals surface area contributed by atoms with Gasteiger partial charge < -0.3 is 19.5 Å². The van der Waals surface area contributed by atoms with Gasteiger partial charge in [-0.05, 0) is 24.6 Å². The summed E-state index contributed by atoms with van der Waals surface area (Å²) in [4.78, 5) is 25.4. The van der Waals surface area contributed by atoms with E-state index in [-0.39, 0.29) is 31.4 Å². The van der Waals surface area contributed by atoms with Crippen LogP contribution in [0.25, 0.3) is 0 Å². The highest BCUT2D eigenvalue weighted by molar-refractivity contribution is 5.82. The molecule has 2 atom stereocenters. The van der Waals surface area contributed by atoms with E-state index < -0.39 is 35.6 Å². The van der Waals surface area contributed by atoms with Crippen molar-refractivity contribution in [3.05, 3.63) is 29.8 Å². The van der Waals surface area contributed by atoms with Crippen LogP contribution in [0.5, 0.6) is 5.75 Å². The molecule has 0 aliphatic carbocycles. The number of likely N-dealkylation sites (tertiary alicyclic amines) is 1. The van der Waals surface area contributed by atoms with Crippen molar-refractivity contribution in [3.63, 3.8) is 0 Å². The van der Waals surface area contributed by atoms with Crippen LogP contribution in [0.3, 0.4) is 0 Å². The van der Waals surface area contributed by atoms with E-state index in [0.29, 0.717) is 13.0 Å². The van der Waals surface area contributed by atoms with E-state index in [0.717, 1.165) is 12.1 Å². The van der Waals surface area contributed by atoms with Gasteiger partial charge in [0.2, 0.25) is 0 Å². The lowest BCUT2D eigenvalue weighted by atomic mass is 9.74. The summed E-state index contributed by atoms with van der Waals surface area (Å²) >= 11 is 0. The molecule has 9 heteroatoms. The smallest absolute Gasteiger partial charge is 0.416 e. The molecule has 6 nitrogen and oxygen atoms in total. The summed E-state index contributed by atoms with van der Waals surface area (Å²) in [6.45, 7) is 0.430. The Morgan fingerprint density at radius 3 is 2.81 bits per heavy atom. The lowest BCUT2D eigenvalue weighted by Gasteiger charge is -2.33. The van der Waals surface area contributed by atoms with Crippen LogP contribution in [0.4, 0.5) is 13.2 Å². The maximum atomic E-state index is 12.7. The number of rotatable bonds is 4. The molecule has 0 aromatic heterocycles. The normalized spacial score (nSPS) is 25.7. The zero-order valence-corrected chi connectivity index (χ0v) is 13.8. The van der Waals surface area contributed by atoms with Crippen LogP contribution in [-0.4, -0.2) is 54.8 Å². The monoisotopic (exact) mass is 373 g/mol. The molecule has 2 heterocycles. The Bertz CT molecular complexity index is 708. The van der Waals surface area contributed by atoms with Crippen LogP contribution in [0, 0.1) is 11.3 Å². The first-order chi connectivity index (χ1) is 12.2. The maximum Gasteiger partial charge on any atom is 0.416 e. The first-order valence-corrected chi connectivity index (χ1v) is 8.11. The molecule has 2 aliphatic heterocycles. The number of amides is 1. The average Bonchev–Trinajstić information content (AvgIpc) is 3.00. The summed E-state index contributed by atoms with van der Waals surface area (Å²) in [6, 6.07) is 4.27. The molecule has 26 heavy (non-hydrogen) atoms. The number of ether oxygens (including phenoxy) is 2. The maximum absolute atomic E-state index is 12.7. The second-order valence-electron chi connectivity index (χ2n) is 6.57. The second kappa shape index (κ2) is 6.79. The quantitative estimate of drug-likeness (QED) is 0.874. The molecule has 1 aromatic carbocycles. The molecule has 0 bridgehead atoms. The highest BCUT2D eigenvalue weighted by Gasteiger charge is 2.54. The van der Waals surface area contributed by atoms with Crippen molar-refractivity contribution in [2.45, 2.75) is 12.6 Å². The molecule has 1 amide bonds. The zero-order chi connectivity index (χ0) is 18.9. The molecule has 0 saturated carbocycles. The lowest BCUT2D eigenvalue weighted by molar-refractivity contribution is -0.157. The molecule has 2 fully saturated rings. The molecular weight excluding hydrogens is 355 g/mol. The standard InChI is InChI=1S/C17H18F3NO5/c18-17(19,20)11-2-1-3-13(6-11)26-9-14(22)21-7-12-8-25-5-4-16(12,10-21)15(23)24/h1-3,6,12H,4-5,7-10H2,(H,23,24)/t12-,16+/m0/s1. The fourth-order valence-electron chi connectivity index (χ4n) is 3.49. The number of fused-ring (bicyclic) bond motifs is 1. The predicted molar refractivity (Wildman–Crippen MR) is 82.5 cm³/mol. The van der Waals surface area contributed by atoms with Crippen LogP contribution >= 0.6 is 0 Å². The number of carbonyl (C=O) groups excluding carboxylic acids is 1. The number of carboxylic acids is 1. The number of aliphatic carboxylic acids is 1. The number of nitrogens with zero attached hydrogens (tertiary/aromatic N) is 1. The van der Waals surface area contributed by atoms with Gasteiger partial charge in [0.1, 0.15) is 5.75 Å². The van der Waals surface area contributed by atoms with E-state index in [1.807, 2.05) is 0 Å². The second-order valence-corrected chi connectivity index (χ2v) is 6.57. The first kappa shape index (κ1) is 18.5. The van der Waals surface area contributed by atoms with Crippen LogP contribution in [0.1, 0.15) is 12.0 Å². The molecule has 1 aromatic rings. The Kier molecular flexibility index (Phi) is 4.83. The Labute approximate surface area is 147 Å². The number of hydrogen-bond donors (Lipinski definition) is 1. The van der Waals surface area contributed by atoms with Crippen molar-refractivity contribution in [2.24, 2.45) is 11.3 Å². The van der Waals surface area contributed by atoms with Crippen molar-refractivity contribution < 1.29 is 37.3 Å². The number of halogens is 3.